The van der Waals surface area contributed by atoms with Gasteiger partial charge in [-0.1, -0.05) is 50.2 Å². The maximum Gasteiger partial charge on any atom is 0.503 e. The molecule has 2 aromatic carbocycles. The van der Waals surface area contributed by atoms with Crippen LogP contribution in [0.2, 0.25) is 0 Å². The van der Waals surface area contributed by atoms with Crippen molar-refractivity contribution in [2.75, 3.05) is 6.54 Å². The third-order valence-electron chi connectivity index (χ3n) is 5.52. The summed E-state index contributed by atoms with van der Waals surface area (Å²) in [6.07, 6.45) is -0.943. The average Bonchev–Trinajstić information content (AvgIpc) is 2.76. The first-order valence-electron chi connectivity index (χ1n) is 11.7. The van der Waals surface area contributed by atoms with Crippen LogP contribution in [0.25, 0.3) is 0 Å². The largest absolute Gasteiger partial charge is 0.503 e. The molecular formula is C27H39NO6. The Balaban J connectivity index is 0.00000133. The second kappa shape index (κ2) is 14.4. The van der Waals surface area contributed by atoms with Crippen molar-refractivity contribution in [2.24, 2.45) is 5.92 Å². The first-order valence-corrected chi connectivity index (χ1v) is 11.7. The molecule has 2 rings (SSSR count). The van der Waals surface area contributed by atoms with Crippen molar-refractivity contribution < 1.29 is 29.6 Å². The number of hydrogen-bond acceptors (Lipinski definition) is 5. The summed E-state index contributed by atoms with van der Waals surface area (Å²) in [5.74, 6) is 0.196. The molecule has 34 heavy (non-hydrogen) atoms. The molecule has 0 radical (unpaired) electrons. The summed E-state index contributed by atoms with van der Waals surface area (Å²) in [7, 11) is 0. The summed E-state index contributed by atoms with van der Waals surface area (Å²) >= 11 is 0. The van der Waals surface area contributed by atoms with Gasteiger partial charge in [-0.25, -0.2) is 4.79 Å². The van der Waals surface area contributed by atoms with Gasteiger partial charge in [-0.2, -0.15) is 0 Å². The topological polar surface area (TPSA) is 107 Å². The smallest absolute Gasteiger partial charge is 0.450 e. The second-order valence-electron chi connectivity index (χ2n) is 9.07. The number of aliphatic hydroxyl groups excluding tert-OH is 1. The summed E-state index contributed by atoms with van der Waals surface area (Å²) in [5, 5.41) is 23.7. The van der Waals surface area contributed by atoms with Crippen molar-refractivity contribution in [2.45, 2.75) is 72.6 Å². The molecule has 0 fully saturated rings. The zero-order valence-corrected chi connectivity index (χ0v) is 21.1. The number of esters is 1. The molecule has 7 heteroatoms. The van der Waals surface area contributed by atoms with Gasteiger partial charge in [0.25, 0.3) is 0 Å². The van der Waals surface area contributed by atoms with E-state index in [4.69, 9.17) is 19.7 Å². The summed E-state index contributed by atoms with van der Waals surface area (Å²) < 4.78 is 5.78. The van der Waals surface area contributed by atoms with E-state index in [9.17, 15) is 9.90 Å². The number of carbonyl (C=O) groups is 2. The number of aliphatic hydroxyl groups is 1. The minimum Gasteiger partial charge on any atom is -0.450 e. The van der Waals surface area contributed by atoms with Crippen LogP contribution < -0.4 is 4.74 Å². The molecule has 0 saturated heterocycles. The SMILES string of the molecule is CC(C)C(=O)Oc1ccc(CO)cc1[C@H](CCN(C(C)C)C(C)C)c1ccccc1.O=C(O)O. The number of carboxylic acid groups (broad SMARTS) is 2. The maximum absolute atomic E-state index is 12.3. The van der Waals surface area contributed by atoms with E-state index < -0.39 is 6.16 Å². The van der Waals surface area contributed by atoms with Gasteiger partial charge < -0.3 is 20.1 Å². The summed E-state index contributed by atoms with van der Waals surface area (Å²) in [5.41, 5.74) is 2.95. The Labute approximate surface area is 203 Å². The lowest BCUT2D eigenvalue weighted by Crippen LogP contribution is -2.38. The number of rotatable bonds is 10. The van der Waals surface area contributed by atoms with E-state index in [-0.39, 0.29) is 24.4 Å². The van der Waals surface area contributed by atoms with Gasteiger partial charge in [-0.15, -0.1) is 0 Å². The highest BCUT2D eigenvalue weighted by atomic mass is 16.6. The molecule has 3 N–H and O–H groups in total. The molecule has 0 aliphatic carbocycles. The van der Waals surface area contributed by atoms with Gasteiger partial charge in [-0.05, 0) is 63.9 Å². The van der Waals surface area contributed by atoms with Crippen LogP contribution in [0.15, 0.2) is 48.5 Å². The monoisotopic (exact) mass is 473 g/mol. The van der Waals surface area contributed by atoms with Crippen LogP contribution in [-0.4, -0.2) is 51.0 Å². The van der Waals surface area contributed by atoms with Crippen LogP contribution in [0.3, 0.4) is 0 Å². The highest BCUT2D eigenvalue weighted by Crippen LogP contribution is 2.36. The molecule has 2 aromatic rings. The molecule has 0 amide bonds. The van der Waals surface area contributed by atoms with Gasteiger partial charge in [0, 0.05) is 23.6 Å². The Morgan fingerprint density at radius 3 is 1.94 bits per heavy atom. The van der Waals surface area contributed by atoms with E-state index in [1.54, 1.807) is 0 Å². The van der Waals surface area contributed by atoms with Gasteiger partial charge in [0.2, 0.25) is 0 Å². The van der Waals surface area contributed by atoms with Crippen molar-refractivity contribution in [3.63, 3.8) is 0 Å². The molecule has 0 spiro atoms. The second-order valence-corrected chi connectivity index (χ2v) is 9.07. The van der Waals surface area contributed by atoms with Crippen molar-refractivity contribution in [3.05, 3.63) is 65.2 Å². The van der Waals surface area contributed by atoms with Gasteiger partial charge in [0.15, 0.2) is 0 Å². The third-order valence-corrected chi connectivity index (χ3v) is 5.52. The van der Waals surface area contributed by atoms with Crippen molar-refractivity contribution in [1.29, 1.82) is 0 Å². The number of hydrogen-bond donors (Lipinski definition) is 3. The van der Waals surface area contributed by atoms with Crippen LogP contribution >= 0.6 is 0 Å². The predicted molar refractivity (Wildman–Crippen MR) is 133 cm³/mol. The zero-order chi connectivity index (χ0) is 25.8. The van der Waals surface area contributed by atoms with Gasteiger partial charge in [0.1, 0.15) is 5.75 Å². The highest BCUT2D eigenvalue weighted by Gasteiger charge is 2.23. The molecule has 0 aliphatic heterocycles. The number of benzene rings is 2. The lowest BCUT2D eigenvalue weighted by atomic mass is 9.86. The van der Waals surface area contributed by atoms with Gasteiger partial charge >= 0.3 is 12.1 Å². The molecule has 7 nitrogen and oxygen atoms in total. The number of carbonyl (C=O) groups excluding carboxylic acids is 1. The minimum absolute atomic E-state index is 0.0446. The van der Waals surface area contributed by atoms with E-state index in [2.05, 4.69) is 44.7 Å². The first kappa shape index (κ1) is 29.1. The third kappa shape index (κ3) is 9.53. The Kier molecular flexibility index (Phi) is 12.3. The van der Waals surface area contributed by atoms with Crippen LogP contribution in [0, 0.1) is 5.92 Å². The molecule has 0 aromatic heterocycles. The number of nitrogens with zero attached hydrogens (tertiary/aromatic N) is 1. The fourth-order valence-corrected chi connectivity index (χ4v) is 3.87. The minimum atomic E-state index is -1.83. The Morgan fingerprint density at radius 2 is 1.47 bits per heavy atom. The van der Waals surface area contributed by atoms with Crippen molar-refractivity contribution >= 4 is 12.1 Å². The standard InChI is InChI=1S/C26H37NO3.CH2O3/c1-18(2)26(29)30-25-13-12-21(17-28)16-24(25)23(22-10-8-7-9-11-22)14-15-27(19(3)4)20(5)6;2-1(3)4/h7-13,16,18-20,23,28H,14-15,17H2,1-6H3;(H2,2,3,4)/t23-;/m1./s1. The molecule has 0 unspecified atom stereocenters. The Bertz CT molecular complexity index is 883. The lowest BCUT2D eigenvalue weighted by molar-refractivity contribution is -0.137. The zero-order valence-electron chi connectivity index (χ0n) is 21.1. The summed E-state index contributed by atoms with van der Waals surface area (Å²) in [6.45, 7) is 13.4. The predicted octanol–water partition coefficient (Wildman–Crippen LogP) is 5.60. The fraction of sp³-hybridized carbons (Fsp3) is 0.481. The van der Waals surface area contributed by atoms with E-state index in [0.717, 1.165) is 24.1 Å². The molecule has 0 aliphatic rings. The molecule has 0 heterocycles. The lowest BCUT2D eigenvalue weighted by Gasteiger charge is -2.32. The maximum atomic E-state index is 12.3. The van der Waals surface area contributed by atoms with Crippen molar-refractivity contribution in [1.82, 2.24) is 4.90 Å². The summed E-state index contributed by atoms with van der Waals surface area (Å²) in [6, 6.07) is 16.9. The van der Waals surface area contributed by atoms with Crippen molar-refractivity contribution in [3.8, 4) is 5.75 Å². The van der Waals surface area contributed by atoms with E-state index in [1.165, 1.54) is 5.56 Å². The number of ether oxygens (including phenoxy) is 1. The Hall–Kier alpha value is -2.90. The highest BCUT2D eigenvalue weighted by molar-refractivity contribution is 5.75. The van der Waals surface area contributed by atoms with Crippen LogP contribution in [0.4, 0.5) is 4.79 Å². The summed E-state index contributed by atoms with van der Waals surface area (Å²) in [4.78, 5) is 23.4. The fourth-order valence-electron chi connectivity index (χ4n) is 3.87. The van der Waals surface area contributed by atoms with E-state index in [0.29, 0.717) is 17.8 Å². The van der Waals surface area contributed by atoms with Gasteiger partial charge in [-0.3, -0.25) is 9.69 Å². The molecule has 1 atom stereocenters. The van der Waals surface area contributed by atoms with Crippen LogP contribution in [0.5, 0.6) is 5.75 Å². The van der Waals surface area contributed by atoms with E-state index in [1.807, 2.05) is 50.2 Å². The van der Waals surface area contributed by atoms with Crippen LogP contribution in [0.1, 0.15) is 70.6 Å². The van der Waals surface area contributed by atoms with E-state index >= 15 is 0 Å². The van der Waals surface area contributed by atoms with Crippen LogP contribution in [-0.2, 0) is 11.4 Å². The average molecular weight is 474 g/mol. The quantitative estimate of drug-likeness (QED) is 0.304. The molecular weight excluding hydrogens is 434 g/mol. The first-order chi connectivity index (χ1) is 16.0. The normalized spacial score (nSPS) is 12.0. The molecule has 188 valence electrons. The molecule has 0 saturated carbocycles. The Morgan fingerprint density at radius 1 is 0.912 bits per heavy atom. The molecule has 0 bridgehead atoms. The van der Waals surface area contributed by atoms with Gasteiger partial charge in [0.05, 0.1) is 12.5 Å².